The number of benzene rings is 3. The van der Waals surface area contributed by atoms with Crippen LogP contribution in [-0.4, -0.2) is 17.6 Å². The number of aromatic hydroxyl groups is 1. The summed E-state index contributed by atoms with van der Waals surface area (Å²) >= 11 is 5.91. The monoisotopic (exact) mass is 395 g/mol. The molecule has 3 rings (SSSR count). The third-order valence-electron chi connectivity index (χ3n) is 4.51. The number of amides is 1. The Balaban J connectivity index is 1.67. The zero-order chi connectivity index (χ0) is 19.9. The maximum absolute atomic E-state index is 12.4. The normalized spacial score (nSPS) is 11.6. The van der Waals surface area contributed by atoms with Gasteiger partial charge in [0.25, 0.3) is 5.91 Å². The lowest BCUT2D eigenvalue weighted by atomic mass is 9.98. The van der Waals surface area contributed by atoms with Crippen molar-refractivity contribution < 1.29 is 14.6 Å². The minimum absolute atomic E-state index is 0.119. The van der Waals surface area contributed by atoms with E-state index in [1.54, 1.807) is 12.1 Å². The Kier molecular flexibility index (Phi) is 6.56. The van der Waals surface area contributed by atoms with Gasteiger partial charge in [-0.1, -0.05) is 54.9 Å². The van der Waals surface area contributed by atoms with Gasteiger partial charge in [0.05, 0.1) is 12.2 Å². The molecule has 0 aliphatic heterocycles. The number of phenolic OH excluding ortho intramolecular Hbond substituents is 1. The molecule has 0 saturated carbocycles. The van der Waals surface area contributed by atoms with Crippen LogP contribution in [0.2, 0.25) is 5.02 Å². The number of hydrogen-bond donors (Lipinski definition) is 2. The molecule has 1 amide bonds. The summed E-state index contributed by atoms with van der Waals surface area (Å²) in [6.45, 7) is 2.68. The number of anilines is 1. The topological polar surface area (TPSA) is 58.6 Å². The molecule has 28 heavy (non-hydrogen) atoms. The highest BCUT2D eigenvalue weighted by Gasteiger charge is 2.13. The second-order valence-corrected chi connectivity index (χ2v) is 6.91. The molecule has 144 valence electrons. The highest BCUT2D eigenvalue weighted by molar-refractivity contribution is 6.31. The highest BCUT2D eigenvalue weighted by atomic mass is 35.5. The van der Waals surface area contributed by atoms with Crippen LogP contribution >= 0.6 is 11.6 Å². The van der Waals surface area contributed by atoms with Crippen molar-refractivity contribution in [1.29, 1.82) is 0 Å². The summed E-state index contributed by atoms with van der Waals surface area (Å²) in [6.07, 6.45) is 0.967. The van der Waals surface area contributed by atoms with Crippen LogP contribution in [0.4, 0.5) is 5.69 Å². The lowest BCUT2D eigenvalue weighted by molar-refractivity contribution is 0.102. The summed E-state index contributed by atoms with van der Waals surface area (Å²) in [5.74, 6) is 0.404. The Bertz CT molecular complexity index is 944. The van der Waals surface area contributed by atoms with Crippen LogP contribution in [0, 0.1) is 0 Å². The summed E-state index contributed by atoms with van der Waals surface area (Å²) < 4.78 is 5.96. The quantitative estimate of drug-likeness (QED) is 0.526. The number of carbonyl (C=O) groups excluding carboxylic acids is 1. The van der Waals surface area contributed by atoms with Crippen molar-refractivity contribution in [1.82, 2.24) is 0 Å². The first-order valence-electron chi connectivity index (χ1n) is 9.14. The first kappa shape index (κ1) is 19.8. The SMILES string of the molecule is CC[C@H](COc1cccc(NC(=O)c2cc(Cl)ccc2O)c1)c1ccccc1. The number of phenols is 1. The molecule has 1 atom stereocenters. The fourth-order valence-corrected chi connectivity index (χ4v) is 3.10. The molecule has 0 bridgehead atoms. The van der Waals surface area contributed by atoms with E-state index in [9.17, 15) is 9.90 Å². The van der Waals surface area contributed by atoms with E-state index < -0.39 is 5.91 Å². The lowest BCUT2D eigenvalue weighted by Crippen LogP contribution is -2.13. The Morgan fingerprint density at radius 3 is 2.61 bits per heavy atom. The van der Waals surface area contributed by atoms with E-state index in [-0.39, 0.29) is 11.3 Å². The number of halogens is 1. The van der Waals surface area contributed by atoms with Crippen molar-refractivity contribution in [3.63, 3.8) is 0 Å². The van der Waals surface area contributed by atoms with Crippen molar-refractivity contribution in [3.05, 3.63) is 88.9 Å². The van der Waals surface area contributed by atoms with Gasteiger partial charge in [-0.15, -0.1) is 0 Å². The molecule has 0 aliphatic rings. The number of nitrogens with one attached hydrogen (secondary N) is 1. The maximum Gasteiger partial charge on any atom is 0.259 e. The van der Waals surface area contributed by atoms with E-state index >= 15 is 0 Å². The number of rotatable bonds is 7. The first-order valence-corrected chi connectivity index (χ1v) is 9.52. The predicted octanol–water partition coefficient (Wildman–Crippen LogP) is 5.87. The second-order valence-electron chi connectivity index (χ2n) is 6.47. The summed E-state index contributed by atoms with van der Waals surface area (Å²) in [6, 6.07) is 21.8. The zero-order valence-electron chi connectivity index (χ0n) is 15.6. The molecule has 0 radical (unpaired) electrons. The van der Waals surface area contributed by atoms with Crippen LogP contribution < -0.4 is 10.1 Å². The molecule has 0 spiro atoms. The van der Waals surface area contributed by atoms with Crippen molar-refractivity contribution in [2.24, 2.45) is 0 Å². The van der Waals surface area contributed by atoms with Crippen molar-refractivity contribution in [2.45, 2.75) is 19.3 Å². The molecule has 3 aromatic rings. The van der Waals surface area contributed by atoms with Gasteiger partial charge in [-0.2, -0.15) is 0 Å². The molecule has 4 nitrogen and oxygen atoms in total. The number of hydrogen-bond acceptors (Lipinski definition) is 3. The molecule has 0 saturated heterocycles. The molecule has 0 aromatic heterocycles. The summed E-state index contributed by atoms with van der Waals surface area (Å²) in [5, 5.41) is 13.0. The minimum atomic E-state index is -0.437. The largest absolute Gasteiger partial charge is 0.507 e. The molecular weight excluding hydrogens is 374 g/mol. The molecule has 0 aliphatic carbocycles. The Labute approximate surface area is 169 Å². The van der Waals surface area contributed by atoms with E-state index in [1.807, 2.05) is 30.3 Å². The van der Waals surface area contributed by atoms with Gasteiger partial charge in [-0.3, -0.25) is 4.79 Å². The van der Waals surface area contributed by atoms with Crippen molar-refractivity contribution >= 4 is 23.2 Å². The summed E-state index contributed by atoms with van der Waals surface area (Å²) in [4.78, 5) is 12.4. The van der Waals surface area contributed by atoms with Crippen molar-refractivity contribution in [2.75, 3.05) is 11.9 Å². The average Bonchev–Trinajstić information content (AvgIpc) is 2.71. The fraction of sp³-hybridized carbons (Fsp3) is 0.174. The Morgan fingerprint density at radius 1 is 1.07 bits per heavy atom. The molecule has 0 heterocycles. The highest BCUT2D eigenvalue weighted by Crippen LogP contribution is 2.25. The average molecular weight is 396 g/mol. The Morgan fingerprint density at radius 2 is 1.86 bits per heavy atom. The van der Waals surface area contributed by atoms with Crippen LogP contribution in [0.1, 0.15) is 35.2 Å². The number of ether oxygens (including phenoxy) is 1. The van der Waals surface area contributed by atoms with Crippen LogP contribution in [0.25, 0.3) is 0 Å². The van der Waals surface area contributed by atoms with Gasteiger partial charge in [-0.25, -0.2) is 0 Å². The molecular formula is C23H22ClNO3. The van der Waals surface area contributed by atoms with Gasteiger partial charge in [0.2, 0.25) is 0 Å². The first-order chi connectivity index (χ1) is 13.6. The number of carbonyl (C=O) groups is 1. The fourth-order valence-electron chi connectivity index (χ4n) is 2.92. The van der Waals surface area contributed by atoms with Crippen LogP contribution in [0.3, 0.4) is 0 Å². The third kappa shape index (κ3) is 5.05. The van der Waals surface area contributed by atoms with Gasteiger partial charge in [0.1, 0.15) is 11.5 Å². The van der Waals surface area contributed by atoms with E-state index in [4.69, 9.17) is 16.3 Å². The van der Waals surface area contributed by atoms with E-state index in [0.29, 0.717) is 29.0 Å². The standard InChI is InChI=1S/C23H22ClNO3/c1-2-16(17-7-4-3-5-8-17)15-28-20-10-6-9-19(14-20)25-23(27)21-13-18(24)11-12-22(21)26/h3-14,16,26H,2,15H2,1H3,(H,25,27)/t16-/m1/s1. The van der Waals surface area contributed by atoms with Gasteiger partial charge >= 0.3 is 0 Å². The lowest BCUT2D eigenvalue weighted by Gasteiger charge is -2.17. The van der Waals surface area contributed by atoms with Crippen LogP contribution in [-0.2, 0) is 0 Å². The van der Waals surface area contributed by atoms with E-state index in [0.717, 1.165) is 6.42 Å². The summed E-state index contributed by atoms with van der Waals surface area (Å²) in [5.41, 5.74) is 1.94. The van der Waals surface area contributed by atoms with Gasteiger partial charge in [0, 0.05) is 22.7 Å². The minimum Gasteiger partial charge on any atom is -0.507 e. The second kappa shape index (κ2) is 9.29. The van der Waals surface area contributed by atoms with E-state index in [2.05, 4.69) is 24.4 Å². The zero-order valence-corrected chi connectivity index (χ0v) is 16.3. The molecule has 3 aromatic carbocycles. The van der Waals surface area contributed by atoms with E-state index in [1.165, 1.54) is 23.8 Å². The molecule has 5 heteroatoms. The van der Waals surface area contributed by atoms with Crippen LogP contribution in [0.5, 0.6) is 11.5 Å². The maximum atomic E-state index is 12.4. The Hall–Kier alpha value is -2.98. The molecule has 0 unspecified atom stereocenters. The van der Waals surface area contributed by atoms with Gasteiger partial charge in [0.15, 0.2) is 0 Å². The van der Waals surface area contributed by atoms with Gasteiger partial charge in [-0.05, 0) is 42.3 Å². The van der Waals surface area contributed by atoms with Gasteiger partial charge < -0.3 is 15.2 Å². The van der Waals surface area contributed by atoms with Crippen molar-refractivity contribution in [3.8, 4) is 11.5 Å². The smallest absolute Gasteiger partial charge is 0.259 e. The third-order valence-corrected chi connectivity index (χ3v) is 4.75. The van der Waals surface area contributed by atoms with Crippen LogP contribution in [0.15, 0.2) is 72.8 Å². The predicted molar refractivity (Wildman–Crippen MR) is 112 cm³/mol. The molecule has 2 N–H and O–H groups in total. The molecule has 0 fully saturated rings. The summed E-state index contributed by atoms with van der Waals surface area (Å²) in [7, 11) is 0.